The molecule has 1 aromatic rings. The Hall–Kier alpha value is -1.84. The average molecular weight is 292 g/mol. The lowest BCUT2D eigenvalue weighted by Crippen LogP contribution is -2.26. The van der Waals surface area contributed by atoms with E-state index in [2.05, 4.69) is 20.8 Å². The zero-order chi connectivity index (χ0) is 16.0. The first-order valence-electron chi connectivity index (χ1n) is 7.25. The lowest BCUT2D eigenvalue weighted by molar-refractivity contribution is -0.156. The molecule has 0 fully saturated rings. The van der Waals surface area contributed by atoms with Crippen molar-refractivity contribution in [3.8, 4) is 0 Å². The predicted octanol–water partition coefficient (Wildman–Crippen LogP) is 3.19. The van der Waals surface area contributed by atoms with E-state index in [1.54, 1.807) is 19.9 Å². The van der Waals surface area contributed by atoms with Crippen molar-refractivity contribution in [3.63, 3.8) is 0 Å². The summed E-state index contributed by atoms with van der Waals surface area (Å²) in [7, 11) is 0. The minimum atomic E-state index is -1.02. The van der Waals surface area contributed by atoms with Crippen LogP contribution in [0.2, 0.25) is 0 Å². The van der Waals surface area contributed by atoms with Crippen LogP contribution in [0.4, 0.5) is 0 Å². The van der Waals surface area contributed by atoms with E-state index < -0.39 is 17.9 Å². The van der Waals surface area contributed by atoms with Crippen LogP contribution in [0.5, 0.6) is 0 Å². The number of ether oxygens (including phenoxy) is 2. The van der Waals surface area contributed by atoms with Crippen LogP contribution in [-0.4, -0.2) is 25.2 Å². The quantitative estimate of drug-likeness (QED) is 0.618. The molecule has 0 heterocycles. The van der Waals surface area contributed by atoms with E-state index in [1.807, 2.05) is 18.2 Å². The van der Waals surface area contributed by atoms with Crippen molar-refractivity contribution in [1.82, 2.24) is 0 Å². The molecule has 0 bridgehead atoms. The zero-order valence-corrected chi connectivity index (χ0v) is 13.4. The Morgan fingerprint density at radius 2 is 1.57 bits per heavy atom. The Bertz CT molecular complexity index is 482. The molecule has 21 heavy (non-hydrogen) atoms. The standard InChI is InChI=1S/C17H24O4/c1-6-20-15(18)14(16(19)21-7-2)12-9-8-10-13(11-12)17(3,4)5/h8-11,14H,6-7H2,1-5H3. The maximum atomic E-state index is 12.1. The summed E-state index contributed by atoms with van der Waals surface area (Å²) in [5.41, 5.74) is 1.60. The zero-order valence-electron chi connectivity index (χ0n) is 13.4. The molecule has 0 radical (unpaired) electrons. The van der Waals surface area contributed by atoms with Gasteiger partial charge in [-0.15, -0.1) is 0 Å². The number of esters is 2. The van der Waals surface area contributed by atoms with Gasteiger partial charge in [0, 0.05) is 0 Å². The van der Waals surface area contributed by atoms with E-state index in [-0.39, 0.29) is 18.6 Å². The second-order valence-electron chi connectivity index (χ2n) is 5.81. The van der Waals surface area contributed by atoms with Crippen LogP contribution in [0.3, 0.4) is 0 Å². The molecule has 116 valence electrons. The Kier molecular flexibility index (Phi) is 5.94. The molecule has 0 saturated heterocycles. The summed E-state index contributed by atoms with van der Waals surface area (Å²) in [4.78, 5) is 24.2. The fourth-order valence-electron chi connectivity index (χ4n) is 2.00. The third kappa shape index (κ3) is 4.59. The van der Waals surface area contributed by atoms with Gasteiger partial charge in [0.1, 0.15) is 0 Å². The SMILES string of the molecule is CCOC(=O)C(C(=O)OCC)c1cccc(C(C)(C)C)c1. The first-order chi connectivity index (χ1) is 9.81. The fraction of sp³-hybridized carbons (Fsp3) is 0.529. The molecule has 0 saturated carbocycles. The van der Waals surface area contributed by atoms with Crippen molar-refractivity contribution in [2.45, 2.75) is 46.0 Å². The maximum absolute atomic E-state index is 12.1. The minimum Gasteiger partial charge on any atom is -0.465 e. The number of hydrogen-bond acceptors (Lipinski definition) is 4. The number of carbonyl (C=O) groups is 2. The number of rotatable bonds is 5. The van der Waals surface area contributed by atoms with Crippen LogP contribution in [0.1, 0.15) is 51.7 Å². The molecule has 0 atom stereocenters. The molecule has 0 aliphatic carbocycles. The first kappa shape index (κ1) is 17.2. The summed E-state index contributed by atoms with van der Waals surface area (Å²) in [6, 6.07) is 7.46. The summed E-state index contributed by atoms with van der Waals surface area (Å²) in [5, 5.41) is 0. The van der Waals surface area contributed by atoms with Crippen molar-refractivity contribution in [2.24, 2.45) is 0 Å². The number of benzene rings is 1. The monoisotopic (exact) mass is 292 g/mol. The van der Waals surface area contributed by atoms with Gasteiger partial charge in [0.2, 0.25) is 0 Å². The van der Waals surface area contributed by atoms with Gasteiger partial charge in [-0.2, -0.15) is 0 Å². The van der Waals surface area contributed by atoms with E-state index in [9.17, 15) is 9.59 Å². The minimum absolute atomic E-state index is 0.0656. The third-order valence-corrected chi connectivity index (χ3v) is 3.13. The van der Waals surface area contributed by atoms with Crippen LogP contribution in [0.15, 0.2) is 24.3 Å². The fourth-order valence-corrected chi connectivity index (χ4v) is 2.00. The molecular formula is C17H24O4. The van der Waals surface area contributed by atoms with Gasteiger partial charge in [-0.05, 0) is 30.4 Å². The van der Waals surface area contributed by atoms with E-state index in [0.717, 1.165) is 5.56 Å². The van der Waals surface area contributed by atoms with Crippen LogP contribution < -0.4 is 0 Å². The second kappa shape index (κ2) is 7.25. The van der Waals surface area contributed by atoms with Gasteiger partial charge in [0.25, 0.3) is 0 Å². The molecule has 0 unspecified atom stereocenters. The van der Waals surface area contributed by atoms with Gasteiger partial charge < -0.3 is 9.47 Å². The van der Waals surface area contributed by atoms with Gasteiger partial charge in [-0.1, -0.05) is 45.0 Å². The lowest BCUT2D eigenvalue weighted by Gasteiger charge is -2.21. The van der Waals surface area contributed by atoms with E-state index >= 15 is 0 Å². The van der Waals surface area contributed by atoms with Crippen LogP contribution in [-0.2, 0) is 24.5 Å². The van der Waals surface area contributed by atoms with Gasteiger partial charge in [0.05, 0.1) is 13.2 Å². The molecule has 0 N–H and O–H groups in total. The summed E-state index contributed by atoms with van der Waals surface area (Å²) < 4.78 is 10.0. The smallest absolute Gasteiger partial charge is 0.324 e. The summed E-state index contributed by atoms with van der Waals surface area (Å²) >= 11 is 0. The Morgan fingerprint density at radius 1 is 1.05 bits per heavy atom. The molecule has 0 aliphatic rings. The van der Waals surface area contributed by atoms with E-state index in [0.29, 0.717) is 5.56 Å². The largest absolute Gasteiger partial charge is 0.465 e. The second-order valence-corrected chi connectivity index (χ2v) is 5.81. The van der Waals surface area contributed by atoms with Crippen molar-refractivity contribution in [3.05, 3.63) is 35.4 Å². The lowest BCUT2D eigenvalue weighted by atomic mass is 9.84. The summed E-state index contributed by atoms with van der Waals surface area (Å²) in [5.74, 6) is -2.16. The van der Waals surface area contributed by atoms with E-state index in [1.165, 1.54) is 0 Å². The molecule has 0 aromatic heterocycles. The summed E-state index contributed by atoms with van der Waals surface area (Å²) in [6.45, 7) is 10.1. The number of hydrogen-bond donors (Lipinski definition) is 0. The third-order valence-electron chi connectivity index (χ3n) is 3.13. The highest BCUT2D eigenvalue weighted by atomic mass is 16.6. The Labute approximate surface area is 126 Å². The Morgan fingerprint density at radius 3 is 2.00 bits per heavy atom. The molecular weight excluding hydrogens is 268 g/mol. The molecule has 4 heteroatoms. The van der Waals surface area contributed by atoms with Gasteiger partial charge in [-0.3, -0.25) is 9.59 Å². The maximum Gasteiger partial charge on any atom is 0.324 e. The van der Waals surface area contributed by atoms with Gasteiger partial charge in [-0.25, -0.2) is 0 Å². The van der Waals surface area contributed by atoms with Crippen molar-refractivity contribution < 1.29 is 19.1 Å². The van der Waals surface area contributed by atoms with Crippen LogP contribution in [0, 0.1) is 0 Å². The normalized spacial score (nSPS) is 11.3. The van der Waals surface area contributed by atoms with Crippen LogP contribution >= 0.6 is 0 Å². The highest BCUT2D eigenvalue weighted by Gasteiger charge is 2.32. The Balaban J connectivity index is 3.20. The molecule has 0 amide bonds. The topological polar surface area (TPSA) is 52.6 Å². The molecule has 0 spiro atoms. The van der Waals surface area contributed by atoms with Crippen molar-refractivity contribution in [2.75, 3.05) is 13.2 Å². The molecule has 1 aromatic carbocycles. The summed E-state index contributed by atoms with van der Waals surface area (Å²) in [6.07, 6.45) is 0. The molecule has 4 nitrogen and oxygen atoms in total. The van der Waals surface area contributed by atoms with Gasteiger partial charge in [0.15, 0.2) is 5.92 Å². The van der Waals surface area contributed by atoms with Crippen LogP contribution in [0.25, 0.3) is 0 Å². The van der Waals surface area contributed by atoms with Crippen molar-refractivity contribution in [1.29, 1.82) is 0 Å². The number of carbonyl (C=O) groups excluding carboxylic acids is 2. The van der Waals surface area contributed by atoms with E-state index in [4.69, 9.17) is 9.47 Å². The van der Waals surface area contributed by atoms with Crippen molar-refractivity contribution >= 4 is 11.9 Å². The first-order valence-corrected chi connectivity index (χ1v) is 7.25. The average Bonchev–Trinajstić information content (AvgIpc) is 2.39. The van der Waals surface area contributed by atoms with Gasteiger partial charge >= 0.3 is 11.9 Å². The predicted molar refractivity (Wildman–Crippen MR) is 81.1 cm³/mol. The molecule has 0 aliphatic heterocycles. The molecule has 1 rings (SSSR count). The highest BCUT2D eigenvalue weighted by molar-refractivity contribution is 6.00. The highest BCUT2D eigenvalue weighted by Crippen LogP contribution is 2.27.